The molecule has 0 aliphatic heterocycles. The molecule has 0 unspecified atom stereocenters. The SMILES string of the molecule is Cn1ccc(CNS(=O)(=O)c2ccc([N+](=O)[O-])c(N)c2)n1. The monoisotopic (exact) mass is 311 g/mol. The van der Waals surface area contributed by atoms with E-state index >= 15 is 0 Å². The molecule has 9 nitrogen and oxygen atoms in total. The van der Waals surface area contributed by atoms with E-state index in [0.717, 1.165) is 18.2 Å². The van der Waals surface area contributed by atoms with Crippen molar-refractivity contribution < 1.29 is 13.3 Å². The Morgan fingerprint density at radius 2 is 2.14 bits per heavy atom. The van der Waals surface area contributed by atoms with E-state index in [1.165, 1.54) is 0 Å². The molecule has 0 bridgehead atoms. The average molecular weight is 311 g/mol. The second-order valence-corrected chi connectivity index (χ2v) is 6.05. The van der Waals surface area contributed by atoms with Crippen LogP contribution in [-0.4, -0.2) is 23.1 Å². The number of sulfonamides is 1. The average Bonchev–Trinajstić information content (AvgIpc) is 2.82. The lowest BCUT2D eigenvalue weighted by Crippen LogP contribution is -2.23. The van der Waals surface area contributed by atoms with Crippen molar-refractivity contribution in [1.82, 2.24) is 14.5 Å². The van der Waals surface area contributed by atoms with E-state index in [1.807, 2.05) is 0 Å². The first kappa shape index (κ1) is 14.9. The van der Waals surface area contributed by atoms with Gasteiger partial charge in [0, 0.05) is 19.3 Å². The van der Waals surface area contributed by atoms with Crippen molar-refractivity contribution in [3.05, 3.63) is 46.3 Å². The molecule has 0 amide bonds. The van der Waals surface area contributed by atoms with Gasteiger partial charge in [-0.05, 0) is 18.2 Å². The van der Waals surface area contributed by atoms with Gasteiger partial charge in [0.25, 0.3) is 5.69 Å². The number of aryl methyl sites for hydroxylation is 1. The number of anilines is 1. The van der Waals surface area contributed by atoms with E-state index in [4.69, 9.17) is 5.73 Å². The molecule has 0 aliphatic rings. The first-order chi connectivity index (χ1) is 9.79. The van der Waals surface area contributed by atoms with Crippen LogP contribution >= 0.6 is 0 Å². The van der Waals surface area contributed by atoms with Crippen molar-refractivity contribution in [2.24, 2.45) is 7.05 Å². The van der Waals surface area contributed by atoms with Gasteiger partial charge in [-0.1, -0.05) is 0 Å². The zero-order chi connectivity index (χ0) is 15.6. The Labute approximate surface area is 120 Å². The maximum Gasteiger partial charge on any atom is 0.292 e. The Kier molecular flexibility index (Phi) is 3.91. The lowest BCUT2D eigenvalue weighted by Gasteiger charge is -2.06. The summed E-state index contributed by atoms with van der Waals surface area (Å²) in [5.74, 6) is 0. The summed E-state index contributed by atoms with van der Waals surface area (Å²) >= 11 is 0. The summed E-state index contributed by atoms with van der Waals surface area (Å²) in [6.45, 7) is 0.0140. The molecule has 0 aliphatic carbocycles. The zero-order valence-electron chi connectivity index (χ0n) is 11.1. The standard InChI is InChI=1S/C11H13N5O4S/c1-15-5-4-8(14-15)7-13-21(19,20)9-2-3-11(16(17)18)10(12)6-9/h2-6,13H,7,12H2,1H3. The van der Waals surface area contributed by atoms with E-state index in [9.17, 15) is 18.5 Å². The van der Waals surface area contributed by atoms with Gasteiger partial charge in [0.05, 0.1) is 22.1 Å². The van der Waals surface area contributed by atoms with Gasteiger partial charge >= 0.3 is 0 Å². The first-order valence-electron chi connectivity index (χ1n) is 5.82. The summed E-state index contributed by atoms with van der Waals surface area (Å²) < 4.78 is 28.1. The normalized spacial score (nSPS) is 11.5. The molecule has 0 saturated carbocycles. The van der Waals surface area contributed by atoms with Gasteiger partial charge in [0.1, 0.15) is 5.69 Å². The molecular formula is C11H13N5O4S. The molecular weight excluding hydrogens is 298 g/mol. The number of nitrogens with zero attached hydrogens (tertiary/aromatic N) is 3. The maximum atomic E-state index is 12.1. The molecule has 1 aromatic carbocycles. The second-order valence-electron chi connectivity index (χ2n) is 4.28. The third-order valence-corrected chi connectivity index (χ3v) is 4.12. The minimum atomic E-state index is -3.82. The van der Waals surface area contributed by atoms with Gasteiger partial charge in [-0.3, -0.25) is 14.8 Å². The number of nitrogens with two attached hydrogens (primary N) is 1. The number of nitro benzene ring substituents is 1. The number of hydrogen-bond donors (Lipinski definition) is 2. The minimum absolute atomic E-state index is 0.0140. The quantitative estimate of drug-likeness (QED) is 0.466. The molecule has 21 heavy (non-hydrogen) atoms. The van der Waals surface area contributed by atoms with Gasteiger partial charge in [0.2, 0.25) is 10.0 Å². The molecule has 0 fully saturated rings. The zero-order valence-corrected chi connectivity index (χ0v) is 11.9. The Morgan fingerprint density at radius 3 is 2.67 bits per heavy atom. The predicted molar refractivity (Wildman–Crippen MR) is 74.7 cm³/mol. The summed E-state index contributed by atoms with van der Waals surface area (Å²) in [5.41, 5.74) is 5.49. The lowest BCUT2D eigenvalue weighted by molar-refractivity contribution is -0.383. The molecule has 0 radical (unpaired) electrons. The molecule has 10 heteroatoms. The van der Waals surface area contributed by atoms with Crippen LogP contribution < -0.4 is 10.5 Å². The largest absolute Gasteiger partial charge is 0.393 e. The van der Waals surface area contributed by atoms with Gasteiger partial charge in [-0.15, -0.1) is 0 Å². The molecule has 3 N–H and O–H groups in total. The molecule has 0 saturated heterocycles. The fourth-order valence-electron chi connectivity index (χ4n) is 1.68. The van der Waals surface area contributed by atoms with Crippen LogP contribution in [0.15, 0.2) is 35.4 Å². The number of nitrogens with one attached hydrogen (secondary N) is 1. The predicted octanol–water partition coefficient (Wildman–Crippen LogP) is 0.389. The Balaban J connectivity index is 2.19. The third kappa shape index (κ3) is 3.35. The number of aromatic nitrogens is 2. The van der Waals surface area contributed by atoms with Crippen molar-refractivity contribution in [2.45, 2.75) is 11.4 Å². The van der Waals surface area contributed by atoms with Crippen LogP contribution in [0, 0.1) is 10.1 Å². The Hall–Kier alpha value is -2.46. The van der Waals surface area contributed by atoms with Crippen LogP contribution in [0.4, 0.5) is 11.4 Å². The molecule has 1 heterocycles. The van der Waals surface area contributed by atoms with Crippen molar-refractivity contribution in [2.75, 3.05) is 5.73 Å². The van der Waals surface area contributed by atoms with E-state index in [1.54, 1.807) is 24.0 Å². The smallest absolute Gasteiger partial charge is 0.292 e. The van der Waals surface area contributed by atoms with Crippen molar-refractivity contribution >= 4 is 21.4 Å². The van der Waals surface area contributed by atoms with Crippen LogP contribution in [0.25, 0.3) is 0 Å². The first-order valence-corrected chi connectivity index (χ1v) is 7.30. The molecule has 1 aromatic heterocycles. The Bertz CT molecular complexity index is 784. The lowest BCUT2D eigenvalue weighted by atomic mass is 10.3. The fraction of sp³-hybridized carbons (Fsp3) is 0.182. The summed E-state index contributed by atoms with van der Waals surface area (Å²) in [5, 5.41) is 14.7. The summed E-state index contributed by atoms with van der Waals surface area (Å²) in [6.07, 6.45) is 1.69. The van der Waals surface area contributed by atoms with Crippen LogP contribution in [0.5, 0.6) is 0 Å². The van der Waals surface area contributed by atoms with E-state index in [-0.39, 0.29) is 22.8 Å². The van der Waals surface area contributed by atoms with Crippen molar-refractivity contribution in [1.29, 1.82) is 0 Å². The molecule has 0 atom stereocenters. The van der Waals surface area contributed by atoms with E-state index in [2.05, 4.69) is 9.82 Å². The van der Waals surface area contributed by atoms with E-state index in [0.29, 0.717) is 5.69 Å². The van der Waals surface area contributed by atoms with Crippen LogP contribution in [-0.2, 0) is 23.6 Å². The number of nitrogen functional groups attached to an aromatic ring is 1. The van der Waals surface area contributed by atoms with Crippen molar-refractivity contribution in [3.63, 3.8) is 0 Å². The van der Waals surface area contributed by atoms with Crippen LogP contribution in [0.2, 0.25) is 0 Å². The number of hydrogen-bond acceptors (Lipinski definition) is 6. The van der Waals surface area contributed by atoms with Crippen molar-refractivity contribution in [3.8, 4) is 0 Å². The van der Waals surface area contributed by atoms with Crippen LogP contribution in [0.3, 0.4) is 0 Å². The third-order valence-electron chi connectivity index (χ3n) is 2.72. The molecule has 0 spiro atoms. The number of benzene rings is 1. The molecule has 2 aromatic rings. The molecule has 2 rings (SSSR count). The topological polar surface area (TPSA) is 133 Å². The number of nitro groups is 1. The Morgan fingerprint density at radius 1 is 1.43 bits per heavy atom. The minimum Gasteiger partial charge on any atom is -0.393 e. The summed E-state index contributed by atoms with van der Waals surface area (Å²) in [4.78, 5) is 9.83. The summed E-state index contributed by atoms with van der Waals surface area (Å²) in [7, 11) is -2.10. The van der Waals surface area contributed by atoms with Gasteiger partial charge in [-0.2, -0.15) is 5.10 Å². The highest BCUT2D eigenvalue weighted by Gasteiger charge is 2.19. The molecule has 112 valence electrons. The maximum absolute atomic E-state index is 12.1. The van der Waals surface area contributed by atoms with E-state index < -0.39 is 14.9 Å². The fourth-order valence-corrected chi connectivity index (χ4v) is 2.71. The highest BCUT2D eigenvalue weighted by Crippen LogP contribution is 2.24. The summed E-state index contributed by atoms with van der Waals surface area (Å²) in [6, 6.07) is 4.92. The highest BCUT2D eigenvalue weighted by molar-refractivity contribution is 7.89. The number of rotatable bonds is 5. The van der Waals surface area contributed by atoms with Gasteiger partial charge < -0.3 is 5.73 Å². The van der Waals surface area contributed by atoms with Gasteiger partial charge in [-0.25, -0.2) is 13.1 Å². The second kappa shape index (κ2) is 5.50. The highest BCUT2D eigenvalue weighted by atomic mass is 32.2. The van der Waals surface area contributed by atoms with Gasteiger partial charge in [0.15, 0.2) is 0 Å². The van der Waals surface area contributed by atoms with Crippen LogP contribution in [0.1, 0.15) is 5.69 Å².